The van der Waals surface area contributed by atoms with E-state index in [9.17, 15) is 9.59 Å². The predicted molar refractivity (Wildman–Crippen MR) is 64.2 cm³/mol. The molecule has 0 saturated carbocycles. The molecule has 0 radical (unpaired) electrons. The quantitative estimate of drug-likeness (QED) is 0.704. The summed E-state index contributed by atoms with van der Waals surface area (Å²) in [6, 6.07) is 9.11. The molecule has 1 aromatic carbocycles. The lowest BCUT2D eigenvalue weighted by Crippen LogP contribution is -2.52. The number of hydrogen-bond donors (Lipinski definition) is 0. The third-order valence-electron chi connectivity index (χ3n) is 2.95. The maximum Gasteiger partial charge on any atom is 0.312 e. The molecule has 92 valence electrons. The van der Waals surface area contributed by atoms with Crippen molar-refractivity contribution in [3.05, 3.63) is 35.4 Å². The number of likely N-dealkylation sites (N-methyl/N-ethyl adjacent to an activating group) is 1. The number of nitriles is 1. The van der Waals surface area contributed by atoms with Crippen LogP contribution in [-0.2, 0) is 16.1 Å². The zero-order valence-electron chi connectivity index (χ0n) is 10.1. The first kappa shape index (κ1) is 12.1. The largest absolute Gasteiger partial charge is 0.336 e. The molecule has 1 aromatic rings. The molecular weight excluding hydrogens is 230 g/mol. The zero-order chi connectivity index (χ0) is 13.1. The Bertz CT molecular complexity index is 533. The van der Waals surface area contributed by atoms with Crippen molar-refractivity contribution < 1.29 is 9.59 Å². The van der Waals surface area contributed by atoms with E-state index >= 15 is 0 Å². The summed E-state index contributed by atoms with van der Waals surface area (Å²) in [5.74, 6) is -0.955. The van der Waals surface area contributed by atoms with Gasteiger partial charge in [0.2, 0.25) is 0 Å². The molecule has 1 aliphatic rings. The minimum atomic E-state index is -0.480. The first-order valence-electron chi connectivity index (χ1n) is 5.65. The molecule has 1 fully saturated rings. The SMILES string of the molecule is CN1CCN(Cc2cccc(C#N)c2)C(=O)C1=O. The van der Waals surface area contributed by atoms with Crippen molar-refractivity contribution in [1.29, 1.82) is 5.26 Å². The van der Waals surface area contributed by atoms with E-state index in [-0.39, 0.29) is 0 Å². The van der Waals surface area contributed by atoms with E-state index in [2.05, 4.69) is 6.07 Å². The Hall–Kier alpha value is -2.35. The normalized spacial score (nSPS) is 15.8. The van der Waals surface area contributed by atoms with Gasteiger partial charge in [-0.05, 0) is 17.7 Å². The Labute approximate surface area is 105 Å². The van der Waals surface area contributed by atoms with Crippen molar-refractivity contribution in [2.45, 2.75) is 6.54 Å². The second-order valence-corrected chi connectivity index (χ2v) is 4.27. The van der Waals surface area contributed by atoms with Gasteiger partial charge in [-0.25, -0.2) is 0 Å². The summed E-state index contributed by atoms with van der Waals surface area (Å²) >= 11 is 0. The number of carbonyl (C=O) groups excluding carboxylic acids is 2. The van der Waals surface area contributed by atoms with Gasteiger partial charge in [-0.1, -0.05) is 12.1 Å². The molecule has 1 aliphatic heterocycles. The van der Waals surface area contributed by atoms with Gasteiger partial charge in [0.15, 0.2) is 0 Å². The molecule has 0 aromatic heterocycles. The van der Waals surface area contributed by atoms with E-state index < -0.39 is 11.8 Å². The van der Waals surface area contributed by atoms with Gasteiger partial charge in [0, 0.05) is 26.7 Å². The van der Waals surface area contributed by atoms with E-state index in [1.54, 1.807) is 25.2 Å². The van der Waals surface area contributed by atoms with Crippen LogP contribution in [0.5, 0.6) is 0 Å². The van der Waals surface area contributed by atoms with Gasteiger partial charge in [-0.15, -0.1) is 0 Å². The summed E-state index contributed by atoms with van der Waals surface area (Å²) in [7, 11) is 1.62. The summed E-state index contributed by atoms with van der Waals surface area (Å²) < 4.78 is 0. The number of hydrogen-bond acceptors (Lipinski definition) is 3. The van der Waals surface area contributed by atoms with Gasteiger partial charge in [0.1, 0.15) is 0 Å². The van der Waals surface area contributed by atoms with Gasteiger partial charge >= 0.3 is 11.8 Å². The van der Waals surface area contributed by atoms with Crippen LogP contribution < -0.4 is 0 Å². The summed E-state index contributed by atoms with van der Waals surface area (Å²) in [4.78, 5) is 26.2. The molecule has 0 atom stereocenters. The van der Waals surface area contributed by atoms with Crippen molar-refractivity contribution >= 4 is 11.8 Å². The monoisotopic (exact) mass is 243 g/mol. The number of benzene rings is 1. The zero-order valence-corrected chi connectivity index (χ0v) is 10.1. The number of amides is 2. The lowest BCUT2D eigenvalue weighted by Gasteiger charge is -2.31. The number of rotatable bonds is 2. The van der Waals surface area contributed by atoms with Crippen molar-refractivity contribution in [2.75, 3.05) is 20.1 Å². The van der Waals surface area contributed by atoms with Crippen LogP contribution in [0.15, 0.2) is 24.3 Å². The standard InChI is InChI=1S/C13H13N3O2/c1-15-5-6-16(13(18)12(15)17)9-11-4-2-3-10(7-11)8-14/h2-4,7H,5-6,9H2,1H3. The van der Waals surface area contributed by atoms with Crippen molar-refractivity contribution in [1.82, 2.24) is 9.80 Å². The summed E-state index contributed by atoms with van der Waals surface area (Å²) in [5, 5.41) is 8.81. The Kier molecular flexibility index (Phi) is 3.28. The average molecular weight is 243 g/mol. The van der Waals surface area contributed by atoms with E-state index in [4.69, 9.17) is 5.26 Å². The summed E-state index contributed by atoms with van der Waals surface area (Å²) in [5.41, 5.74) is 1.42. The fourth-order valence-electron chi connectivity index (χ4n) is 1.88. The van der Waals surface area contributed by atoms with Gasteiger partial charge in [-0.2, -0.15) is 5.26 Å². The molecule has 0 bridgehead atoms. The first-order valence-corrected chi connectivity index (χ1v) is 5.65. The predicted octanol–water partition coefficient (Wildman–Crippen LogP) is 0.359. The van der Waals surface area contributed by atoms with Crippen LogP contribution in [0, 0.1) is 11.3 Å². The molecule has 18 heavy (non-hydrogen) atoms. The van der Waals surface area contributed by atoms with Crippen LogP contribution in [0.4, 0.5) is 0 Å². The second-order valence-electron chi connectivity index (χ2n) is 4.27. The average Bonchev–Trinajstić information content (AvgIpc) is 2.40. The van der Waals surface area contributed by atoms with Gasteiger partial charge in [-0.3, -0.25) is 9.59 Å². The van der Waals surface area contributed by atoms with E-state index in [0.717, 1.165) is 5.56 Å². The number of carbonyl (C=O) groups is 2. The highest BCUT2D eigenvalue weighted by Crippen LogP contribution is 2.11. The Morgan fingerprint density at radius 3 is 2.78 bits per heavy atom. The molecule has 0 N–H and O–H groups in total. The lowest BCUT2D eigenvalue weighted by molar-refractivity contribution is -0.155. The van der Waals surface area contributed by atoms with Crippen LogP contribution >= 0.6 is 0 Å². The number of nitrogens with zero attached hydrogens (tertiary/aromatic N) is 3. The summed E-state index contributed by atoms with van der Waals surface area (Å²) in [6.45, 7) is 1.44. The summed E-state index contributed by atoms with van der Waals surface area (Å²) in [6.07, 6.45) is 0. The third kappa shape index (κ3) is 2.33. The molecule has 0 spiro atoms. The second kappa shape index (κ2) is 4.88. The van der Waals surface area contributed by atoms with Crippen molar-refractivity contribution in [3.8, 4) is 6.07 Å². The minimum Gasteiger partial charge on any atom is -0.336 e. The molecule has 0 aliphatic carbocycles. The Morgan fingerprint density at radius 2 is 2.06 bits per heavy atom. The molecular formula is C13H13N3O2. The maximum atomic E-state index is 11.8. The molecule has 5 nitrogen and oxygen atoms in total. The maximum absolute atomic E-state index is 11.8. The van der Waals surface area contributed by atoms with Crippen LogP contribution in [0.1, 0.15) is 11.1 Å². The third-order valence-corrected chi connectivity index (χ3v) is 2.95. The molecule has 2 rings (SSSR count). The van der Waals surface area contributed by atoms with Crippen LogP contribution in [0.3, 0.4) is 0 Å². The Balaban J connectivity index is 2.12. The minimum absolute atomic E-state index is 0.369. The fourth-order valence-corrected chi connectivity index (χ4v) is 1.88. The molecule has 0 unspecified atom stereocenters. The highest BCUT2D eigenvalue weighted by Gasteiger charge is 2.29. The lowest BCUT2D eigenvalue weighted by atomic mass is 10.1. The number of piperazine rings is 1. The smallest absolute Gasteiger partial charge is 0.312 e. The van der Waals surface area contributed by atoms with Crippen LogP contribution in [0.25, 0.3) is 0 Å². The van der Waals surface area contributed by atoms with Gasteiger partial charge < -0.3 is 9.80 Å². The van der Waals surface area contributed by atoms with Gasteiger partial charge in [0.25, 0.3) is 0 Å². The van der Waals surface area contributed by atoms with E-state index in [1.165, 1.54) is 9.80 Å². The highest BCUT2D eigenvalue weighted by atomic mass is 16.2. The Morgan fingerprint density at radius 1 is 1.28 bits per heavy atom. The topological polar surface area (TPSA) is 64.4 Å². The molecule has 5 heteroatoms. The van der Waals surface area contributed by atoms with E-state index in [0.29, 0.717) is 25.2 Å². The van der Waals surface area contributed by atoms with Crippen molar-refractivity contribution in [3.63, 3.8) is 0 Å². The van der Waals surface area contributed by atoms with Crippen LogP contribution in [0.2, 0.25) is 0 Å². The fraction of sp³-hybridized carbons (Fsp3) is 0.308. The highest BCUT2D eigenvalue weighted by molar-refractivity contribution is 6.35. The van der Waals surface area contributed by atoms with Gasteiger partial charge in [0.05, 0.1) is 11.6 Å². The van der Waals surface area contributed by atoms with Crippen molar-refractivity contribution in [2.24, 2.45) is 0 Å². The van der Waals surface area contributed by atoms with Crippen LogP contribution in [-0.4, -0.2) is 41.8 Å². The molecule has 2 amide bonds. The molecule has 1 heterocycles. The molecule has 1 saturated heterocycles. The first-order chi connectivity index (χ1) is 8.61. The van der Waals surface area contributed by atoms with E-state index in [1.807, 2.05) is 6.07 Å².